The zero-order valence-corrected chi connectivity index (χ0v) is 12.4. The number of aliphatic hydroxyl groups excluding tert-OH is 1. The monoisotopic (exact) mass is 252 g/mol. The van der Waals surface area contributed by atoms with Gasteiger partial charge < -0.3 is 5.11 Å². The first-order chi connectivity index (χ1) is 8.70. The Balaban J connectivity index is 1.75. The molecule has 0 radical (unpaired) electrons. The molecule has 1 N–H and O–H groups in total. The van der Waals surface area contributed by atoms with Crippen molar-refractivity contribution in [2.75, 3.05) is 0 Å². The molecule has 0 bridgehead atoms. The summed E-state index contributed by atoms with van der Waals surface area (Å²) in [5, 5.41) is 10.6. The molecule has 0 saturated heterocycles. The molecule has 1 nitrogen and oxygen atoms in total. The second-order valence-electron chi connectivity index (χ2n) is 7.08. The molecule has 1 unspecified atom stereocenters. The van der Waals surface area contributed by atoms with Crippen LogP contribution in [0.25, 0.3) is 0 Å². The molecule has 18 heavy (non-hydrogen) atoms. The fourth-order valence-corrected chi connectivity index (χ4v) is 4.24. The lowest BCUT2D eigenvalue weighted by Gasteiger charge is -2.37. The summed E-state index contributed by atoms with van der Waals surface area (Å²) in [5.41, 5.74) is 0. The van der Waals surface area contributed by atoms with Gasteiger partial charge in [0, 0.05) is 0 Å². The normalized spacial score (nSPS) is 39.5. The highest BCUT2D eigenvalue weighted by Gasteiger charge is 2.32. The molecule has 0 heterocycles. The van der Waals surface area contributed by atoms with Crippen LogP contribution >= 0.6 is 0 Å². The van der Waals surface area contributed by atoms with Crippen molar-refractivity contribution in [2.45, 2.75) is 84.2 Å². The average Bonchev–Trinajstić information content (AvgIpc) is 2.40. The Bertz CT molecular complexity index is 222. The van der Waals surface area contributed by atoms with Gasteiger partial charge in [0.2, 0.25) is 0 Å². The number of aliphatic hydroxyl groups is 1. The first-order valence-electron chi connectivity index (χ1n) is 8.38. The van der Waals surface area contributed by atoms with Gasteiger partial charge in [0.05, 0.1) is 6.10 Å². The van der Waals surface area contributed by atoms with Crippen LogP contribution in [0.1, 0.15) is 78.1 Å². The first-order valence-corrected chi connectivity index (χ1v) is 8.38. The van der Waals surface area contributed by atoms with Crippen molar-refractivity contribution in [1.82, 2.24) is 0 Å². The van der Waals surface area contributed by atoms with Gasteiger partial charge in [-0.1, -0.05) is 52.4 Å². The second kappa shape index (κ2) is 6.93. The minimum atomic E-state index is 0.0140. The Morgan fingerprint density at radius 3 is 1.89 bits per heavy atom. The van der Waals surface area contributed by atoms with Crippen LogP contribution in [0, 0.1) is 23.7 Å². The highest BCUT2D eigenvalue weighted by Crippen LogP contribution is 2.39. The van der Waals surface area contributed by atoms with E-state index in [1.165, 1.54) is 64.2 Å². The second-order valence-corrected chi connectivity index (χ2v) is 7.08. The molecule has 1 heteroatoms. The number of hydrogen-bond donors (Lipinski definition) is 1. The summed E-state index contributed by atoms with van der Waals surface area (Å²) < 4.78 is 0. The molecule has 2 aliphatic carbocycles. The highest BCUT2D eigenvalue weighted by atomic mass is 16.3. The first kappa shape index (κ1) is 14.4. The van der Waals surface area contributed by atoms with Crippen molar-refractivity contribution >= 4 is 0 Å². The fraction of sp³-hybridized carbons (Fsp3) is 1.00. The van der Waals surface area contributed by atoms with Crippen molar-refractivity contribution < 1.29 is 5.11 Å². The van der Waals surface area contributed by atoms with Gasteiger partial charge in [-0.25, -0.2) is 0 Å². The summed E-state index contributed by atoms with van der Waals surface area (Å²) in [6.07, 6.45) is 13.3. The predicted molar refractivity (Wildman–Crippen MR) is 77.5 cm³/mol. The zero-order chi connectivity index (χ0) is 13.0. The Morgan fingerprint density at radius 1 is 0.889 bits per heavy atom. The van der Waals surface area contributed by atoms with Crippen LogP contribution in [0.3, 0.4) is 0 Å². The Hall–Kier alpha value is -0.0400. The maximum Gasteiger partial charge on any atom is 0.0596 e. The lowest BCUT2D eigenvalue weighted by molar-refractivity contribution is 0.00691. The average molecular weight is 252 g/mol. The van der Waals surface area contributed by atoms with Crippen LogP contribution in [0.5, 0.6) is 0 Å². The van der Waals surface area contributed by atoms with Crippen molar-refractivity contribution in [2.24, 2.45) is 23.7 Å². The minimum Gasteiger partial charge on any atom is -0.393 e. The van der Waals surface area contributed by atoms with E-state index in [9.17, 15) is 5.11 Å². The molecule has 0 spiro atoms. The van der Waals surface area contributed by atoms with E-state index < -0.39 is 0 Å². The summed E-state index contributed by atoms with van der Waals surface area (Å²) in [6.45, 7) is 4.66. The highest BCUT2D eigenvalue weighted by molar-refractivity contribution is 4.84. The molecule has 0 aliphatic heterocycles. The Morgan fingerprint density at radius 2 is 1.39 bits per heavy atom. The molecule has 0 amide bonds. The molecule has 0 aromatic rings. The van der Waals surface area contributed by atoms with E-state index in [0.29, 0.717) is 11.8 Å². The lowest BCUT2D eigenvalue weighted by atomic mass is 9.71. The summed E-state index contributed by atoms with van der Waals surface area (Å²) in [5.74, 6) is 3.10. The van der Waals surface area contributed by atoms with Gasteiger partial charge in [-0.15, -0.1) is 0 Å². The SMILES string of the molecule is CCCC1CCC(C(O)C2CCC(C)CC2)CC1. The molecule has 2 rings (SSSR count). The summed E-state index contributed by atoms with van der Waals surface area (Å²) in [4.78, 5) is 0. The van der Waals surface area contributed by atoms with Gasteiger partial charge in [0.25, 0.3) is 0 Å². The molecule has 106 valence electrons. The van der Waals surface area contributed by atoms with Crippen LogP contribution < -0.4 is 0 Å². The number of rotatable bonds is 4. The Kier molecular flexibility index (Phi) is 5.54. The molecular weight excluding hydrogens is 220 g/mol. The van der Waals surface area contributed by atoms with Crippen LogP contribution in [0.2, 0.25) is 0 Å². The van der Waals surface area contributed by atoms with Crippen LogP contribution in [-0.2, 0) is 0 Å². The van der Waals surface area contributed by atoms with Crippen LogP contribution in [0.4, 0.5) is 0 Å². The summed E-state index contributed by atoms with van der Waals surface area (Å²) >= 11 is 0. The maximum absolute atomic E-state index is 10.6. The van der Waals surface area contributed by atoms with Crippen molar-refractivity contribution in [3.05, 3.63) is 0 Å². The van der Waals surface area contributed by atoms with Crippen molar-refractivity contribution in [3.63, 3.8) is 0 Å². The van der Waals surface area contributed by atoms with Gasteiger partial charge >= 0.3 is 0 Å². The van der Waals surface area contributed by atoms with E-state index in [2.05, 4.69) is 13.8 Å². The standard InChI is InChI=1S/C17H32O/c1-3-4-14-7-11-16(12-8-14)17(18)15-9-5-13(2)6-10-15/h13-18H,3-12H2,1-2H3. The number of hydrogen-bond acceptors (Lipinski definition) is 1. The molecule has 2 saturated carbocycles. The van der Waals surface area contributed by atoms with E-state index >= 15 is 0 Å². The maximum atomic E-state index is 10.6. The van der Waals surface area contributed by atoms with Gasteiger partial charge in [0.1, 0.15) is 0 Å². The van der Waals surface area contributed by atoms with Crippen molar-refractivity contribution in [3.8, 4) is 0 Å². The van der Waals surface area contributed by atoms with Crippen LogP contribution in [-0.4, -0.2) is 11.2 Å². The van der Waals surface area contributed by atoms with Crippen molar-refractivity contribution in [1.29, 1.82) is 0 Å². The molecule has 2 aliphatic rings. The van der Waals surface area contributed by atoms with E-state index in [-0.39, 0.29) is 6.10 Å². The quantitative estimate of drug-likeness (QED) is 0.763. The molecule has 2 fully saturated rings. The molecule has 0 aromatic heterocycles. The van der Waals surface area contributed by atoms with Gasteiger partial charge in [-0.2, -0.15) is 0 Å². The van der Waals surface area contributed by atoms with E-state index in [1.807, 2.05) is 0 Å². The minimum absolute atomic E-state index is 0.0140. The molecular formula is C17H32O. The fourth-order valence-electron chi connectivity index (χ4n) is 4.24. The topological polar surface area (TPSA) is 20.2 Å². The van der Waals surface area contributed by atoms with E-state index in [1.54, 1.807) is 0 Å². The summed E-state index contributed by atoms with van der Waals surface area (Å²) in [7, 11) is 0. The smallest absolute Gasteiger partial charge is 0.0596 e. The summed E-state index contributed by atoms with van der Waals surface area (Å²) in [6, 6.07) is 0. The van der Waals surface area contributed by atoms with Crippen LogP contribution in [0.15, 0.2) is 0 Å². The third kappa shape index (κ3) is 3.73. The third-order valence-corrected chi connectivity index (χ3v) is 5.61. The Labute approximate surface area is 113 Å². The third-order valence-electron chi connectivity index (χ3n) is 5.61. The van der Waals surface area contributed by atoms with E-state index in [4.69, 9.17) is 0 Å². The van der Waals surface area contributed by atoms with Gasteiger partial charge in [-0.05, 0) is 49.4 Å². The van der Waals surface area contributed by atoms with E-state index in [0.717, 1.165) is 11.8 Å². The molecule has 0 aromatic carbocycles. The molecule has 1 atom stereocenters. The van der Waals surface area contributed by atoms with Gasteiger partial charge in [0.15, 0.2) is 0 Å². The zero-order valence-electron chi connectivity index (χ0n) is 12.4. The predicted octanol–water partition coefficient (Wildman–Crippen LogP) is 4.78. The lowest BCUT2D eigenvalue weighted by Crippen LogP contribution is -2.34. The largest absolute Gasteiger partial charge is 0.393 e. The van der Waals surface area contributed by atoms with Gasteiger partial charge in [-0.3, -0.25) is 0 Å².